The molecule has 0 radical (unpaired) electrons. The third-order valence-corrected chi connectivity index (χ3v) is 2.82. The SMILES string of the molecule is COC(=O)c1c(C)c(C)nc2ccc(F)cc12. The quantitative estimate of drug-likeness (QED) is 0.711. The summed E-state index contributed by atoms with van der Waals surface area (Å²) in [7, 11) is 1.31. The van der Waals surface area contributed by atoms with E-state index in [0.717, 1.165) is 11.3 Å². The lowest BCUT2D eigenvalue weighted by Crippen LogP contribution is -2.07. The van der Waals surface area contributed by atoms with Gasteiger partial charge in [-0.1, -0.05) is 0 Å². The standard InChI is InChI=1S/C13H12FNO2/c1-7-8(2)15-11-5-4-9(14)6-10(11)12(7)13(16)17-3/h4-6H,1-3H3. The van der Waals surface area contributed by atoms with Crippen molar-refractivity contribution in [1.82, 2.24) is 4.98 Å². The Morgan fingerprint density at radius 1 is 1.35 bits per heavy atom. The third-order valence-electron chi connectivity index (χ3n) is 2.82. The number of benzene rings is 1. The summed E-state index contributed by atoms with van der Waals surface area (Å²) in [5.41, 5.74) is 2.43. The van der Waals surface area contributed by atoms with Gasteiger partial charge in [0.25, 0.3) is 0 Å². The normalized spacial score (nSPS) is 10.6. The van der Waals surface area contributed by atoms with E-state index in [1.54, 1.807) is 13.0 Å². The molecular weight excluding hydrogens is 221 g/mol. The molecular formula is C13H12FNO2. The van der Waals surface area contributed by atoms with Crippen LogP contribution < -0.4 is 0 Å². The molecule has 0 fully saturated rings. The van der Waals surface area contributed by atoms with Crippen molar-refractivity contribution >= 4 is 16.9 Å². The van der Waals surface area contributed by atoms with E-state index < -0.39 is 11.8 Å². The van der Waals surface area contributed by atoms with Crippen molar-refractivity contribution in [3.8, 4) is 0 Å². The molecule has 2 aromatic rings. The Bertz CT molecular complexity index is 608. The van der Waals surface area contributed by atoms with Gasteiger partial charge in [0.05, 0.1) is 18.2 Å². The molecule has 0 aliphatic heterocycles. The Labute approximate surface area is 98.2 Å². The van der Waals surface area contributed by atoms with Crippen LogP contribution in [-0.4, -0.2) is 18.1 Å². The number of carbonyl (C=O) groups is 1. The number of esters is 1. The zero-order valence-electron chi connectivity index (χ0n) is 9.87. The molecule has 0 bridgehead atoms. The second-order valence-corrected chi connectivity index (χ2v) is 3.85. The van der Waals surface area contributed by atoms with Gasteiger partial charge in [0.2, 0.25) is 0 Å². The second kappa shape index (κ2) is 4.13. The van der Waals surface area contributed by atoms with E-state index in [0.29, 0.717) is 16.5 Å². The summed E-state index contributed by atoms with van der Waals surface area (Å²) < 4.78 is 18.0. The number of methoxy groups -OCH3 is 1. The van der Waals surface area contributed by atoms with Gasteiger partial charge in [-0.3, -0.25) is 4.98 Å². The summed E-state index contributed by atoms with van der Waals surface area (Å²) in [6.07, 6.45) is 0. The molecule has 0 atom stereocenters. The fourth-order valence-corrected chi connectivity index (χ4v) is 1.82. The van der Waals surface area contributed by atoms with E-state index >= 15 is 0 Å². The van der Waals surface area contributed by atoms with Gasteiger partial charge >= 0.3 is 5.97 Å². The van der Waals surface area contributed by atoms with Crippen LogP contribution in [0.2, 0.25) is 0 Å². The fraction of sp³-hybridized carbons (Fsp3) is 0.231. The highest BCUT2D eigenvalue weighted by Gasteiger charge is 2.17. The molecule has 4 heteroatoms. The first-order valence-corrected chi connectivity index (χ1v) is 5.19. The maximum Gasteiger partial charge on any atom is 0.338 e. The molecule has 3 nitrogen and oxygen atoms in total. The minimum absolute atomic E-state index is 0.384. The largest absolute Gasteiger partial charge is 0.465 e. The van der Waals surface area contributed by atoms with Crippen molar-refractivity contribution in [2.24, 2.45) is 0 Å². The predicted octanol–water partition coefficient (Wildman–Crippen LogP) is 2.78. The highest BCUT2D eigenvalue weighted by Crippen LogP contribution is 2.24. The van der Waals surface area contributed by atoms with Crippen molar-refractivity contribution in [3.63, 3.8) is 0 Å². The van der Waals surface area contributed by atoms with Crippen LogP contribution in [0.4, 0.5) is 4.39 Å². The molecule has 0 saturated carbocycles. The highest BCUT2D eigenvalue weighted by molar-refractivity contribution is 6.04. The van der Waals surface area contributed by atoms with Crippen LogP contribution in [0.1, 0.15) is 21.6 Å². The van der Waals surface area contributed by atoms with Crippen molar-refractivity contribution in [3.05, 3.63) is 40.8 Å². The highest BCUT2D eigenvalue weighted by atomic mass is 19.1. The molecule has 17 heavy (non-hydrogen) atoms. The lowest BCUT2D eigenvalue weighted by Gasteiger charge is -2.10. The van der Waals surface area contributed by atoms with Gasteiger partial charge in [-0.05, 0) is 37.6 Å². The van der Waals surface area contributed by atoms with Gasteiger partial charge in [0, 0.05) is 11.1 Å². The number of pyridine rings is 1. The van der Waals surface area contributed by atoms with Crippen LogP contribution in [0.25, 0.3) is 10.9 Å². The van der Waals surface area contributed by atoms with Crippen LogP contribution in [0.3, 0.4) is 0 Å². The van der Waals surface area contributed by atoms with Crippen LogP contribution >= 0.6 is 0 Å². The van der Waals surface area contributed by atoms with E-state index in [1.165, 1.54) is 19.2 Å². The van der Waals surface area contributed by atoms with Crippen LogP contribution in [-0.2, 0) is 4.74 Å². The topological polar surface area (TPSA) is 39.2 Å². The second-order valence-electron chi connectivity index (χ2n) is 3.85. The summed E-state index contributed by atoms with van der Waals surface area (Å²) >= 11 is 0. The maximum absolute atomic E-state index is 13.2. The van der Waals surface area contributed by atoms with Crippen molar-refractivity contribution in [1.29, 1.82) is 0 Å². The van der Waals surface area contributed by atoms with E-state index in [-0.39, 0.29) is 0 Å². The number of ether oxygens (including phenoxy) is 1. The molecule has 0 amide bonds. The molecule has 0 spiro atoms. The number of hydrogen-bond acceptors (Lipinski definition) is 3. The van der Waals surface area contributed by atoms with Gasteiger partial charge in [-0.15, -0.1) is 0 Å². The zero-order valence-corrected chi connectivity index (χ0v) is 9.87. The molecule has 1 aromatic heterocycles. The summed E-state index contributed by atoms with van der Waals surface area (Å²) in [6, 6.07) is 4.19. The predicted molar refractivity (Wildman–Crippen MR) is 62.5 cm³/mol. The average Bonchev–Trinajstić information content (AvgIpc) is 2.31. The van der Waals surface area contributed by atoms with Crippen molar-refractivity contribution in [2.75, 3.05) is 7.11 Å². The average molecular weight is 233 g/mol. The third kappa shape index (κ3) is 1.86. The molecule has 1 heterocycles. The van der Waals surface area contributed by atoms with Crippen molar-refractivity contribution in [2.45, 2.75) is 13.8 Å². The Hall–Kier alpha value is -1.97. The Morgan fingerprint density at radius 3 is 2.71 bits per heavy atom. The minimum atomic E-state index is -0.469. The number of carbonyl (C=O) groups excluding carboxylic acids is 1. The smallest absolute Gasteiger partial charge is 0.338 e. The Balaban J connectivity index is 2.89. The van der Waals surface area contributed by atoms with Gasteiger partial charge in [0.15, 0.2) is 0 Å². The van der Waals surface area contributed by atoms with E-state index in [9.17, 15) is 9.18 Å². The summed E-state index contributed by atoms with van der Waals surface area (Å²) in [5.74, 6) is -0.865. The maximum atomic E-state index is 13.2. The molecule has 0 N–H and O–H groups in total. The van der Waals surface area contributed by atoms with Gasteiger partial charge in [-0.25, -0.2) is 9.18 Å². The summed E-state index contributed by atoms with van der Waals surface area (Å²) in [4.78, 5) is 16.1. The van der Waals surface area contributed by atoms with Crippen LogP contribution in [0, 0.1) is 19.7 Å². The lowest BCUT2D eigenvalue weighted by atomic mass is 10.0. The number of hydrogen-bond donors (Lipinski definition) is 0. The minimum Gasteiger partial charge on any atom is -0.465 e. The zero-order chi connectivity index (χ0) is 12.6. The Morgan fingerprint density at radius 2 is 2.06 bits per heavy atom. The van der Waals surface area contributed by atoms with Gasteiger partial charge in [-0.2, -0.15) is 0 Å². The lowest BCUT2D eigenvalue weighted by molar-refractivity contribution is 0.0602. The molecule has 0 aliphatic rings. The number of nitrogens with zero attached hydrogens (tertiary/aromatic N) is 1. The molecule has 1 aromatic carbocycles. The van der Waals surface area contributed by atoms with Crippen molar-refractivity contribution < 1.29 is 13.9 Å². The number of halogens is 1. The number of fused-ring (bicyclic) bond motifs is 1. The van der Waals surface area contributed by atoms with Crippen LogP contribution in [0.5, 0.6) is 0 Å². The van der Waals surface area contributed by atoms with E-state index in [4.69, 9.17) is 4.74 Å². The summed E-state index contributed by atoms with van der Waals surface area (Å²) in [5, 5.41) is 0.486. The molecule has 0 unspecified atom stereocenters. The van der Waals surface area contributed by atoms with Gasteiger partial charge in [0.1, 0.15) is 5.82 Å². The summed E-state index contributed by atoms with van der Waals surface area (Å²) in [6.45, 7) is 3.59. The number of rotatable bonds is 1. The molecule has 88 valence electrons. The first-order chi connectivity index (χ1) is 8.04. The molecule has 0 saturated heterocycles. The first kappa shape index (κ1) is 11.5. The number of aryl methyl sites for hydroxylation is 1. The fourth-order valence-electron chi connectivity index (χ4n) is 1.82. The molecule has 2 rings (SSSR count). The molecule has 0 aliphatic carbocycles. The Kier molecular flexibility index (Phi) is 2.79. The van der Waals surface area contributed by atoms with E-state index in [1.807, 2.05) is 6.92 Å². The first-order valence-electron chi connectivity index (χ1n) is 5.19. The van der Waals surface area contributed by atoms with Gasteiger partial charge < -0.3 is 4.74 Å². The monoisotopic (exact) mass is 233 g/mol. The van der Waals surface area contributed by atoms with E-state index in [2.05, 4.69) is 4.98 Å². The van der Waals surface area contributed by atoms with Crippen LogP contribution in [0.15, 0.2) is 18.2 Å². The number of aromatic nitrogens is 1.